The summed E-state index contributed by atoms with van der Waals surface area (Å²) < 4.78 is 87.8. The maximum absolute atomic E-state index is 13.5. The number of carbonyl (C=O) groups excluding carboxylic acids is 4. The van der Waals surface area contributed by atoms with Gasteiger partial charge in [0.05, 0.1) is 28.3 Å². The quantitative estimate of drug-likeness (QED) is 0.0105. The molecule has 0 bridgehead atoms. The molecule has 0 saturated heterocycles. The van der Waals surface area contributed by atoms with Crippen molar-refractivity contribution in [2.75, 3.05) is 67.6 Å². The minimum atomic E-state index is -4.41. The average Bonchev–Trinajstić information content (AvgIpc) is 0.833. The molecule has 0 aliphatic rings. The topological polar surface area (TPSA) is 238 Å². The Kier molecular flexibility index (Phi) is 79.8. The highest BCUT2D eigenvalue weighted by atomic mass is 32.3. The second-order valence-electron chi connectivity index (χ2n) is 32.1. The van der Waals surface area contributed by atoms with Crippen LogP contribution in [0, 0.1) is 0 Å². The van der Waals surface area contributed by atoms with Gasteiger partial charge < -0.3 is 37.0 Å². The normalized spacial score (nSPS) is 14.2. The molecule has 4 atom stereocenters. The number of allylic oxidation sites excluding steroid dienone is 8. The molecule has 20 heteroatoms. The van der Waals surface area contributed by atoms with Crippen molar-refractivity contribution >= 4 is 44.7 Å². The zero-order chi connectivity index (χ0) is 82.4. The van der Waals surface area contributed by atoms with Crippen molar-refractivity contribution in [3.63, 3.8) is 0 Å². The number of nitrogens with zero attached hydrogens (tertiary/aromatic N) is 2. The van der Waals surface area contributed by atoms with Gasteiger partial charge in [0, 0.05) is 25.7 Å². The zero-order valence-corrected chi connectivity index (χ0v) is 74.6. The number of rotatable bonds is 77. The molecule has 4 unspecified atom stereocenters. The highest BCUT2D eigenvalue weighted by molar-refractivity contribution is 7.81. The summed E-state index contributed by atoms with van der Waals surface area (Å²) in [7, 11) is -2.82. The summed E-state index contributed by atoms with van der Waals surface area (Å²) in [4.78, 5) is 53.8. The Labute approximate surface area is 677 Å². The third kappa shape index (κ3) is 86.9. The first-order valence-electron chi connectivity index (χ1n) is 44.8. The molecular weight excluding hydrogens is 1430 g/mol. The van der Waals surface area contributed by atoms with Crippen molar-refractivity contribution in [1.82, 2.24) is 0 Å². The molecular formula is C90H172N2O16S2. The van der Waals surface area contributed by atoms with E-state index in [-0.39, 0.29) is 48.3 Å². The van der Waals surface area contributed by atoms with Crippen LogP contribution in [0.3, 0.4) is 0 Å². The minimum Gasteiger partial charge on any atom is -0.726 e. The first-order chi connectivity index (χ1) is 52.7. The Balaban J connectivity index is -0.00000875. The van der Waals surface area contributed by atoms with E-state index in [1.54, 1.807) is 0 Å². The lowest BCUT2D eigenvalue weighted by atomic mass is 10.1. The van der Waals surface area contributed by atoms with Gasteiger partial charge in [0.2, 0.25) is 20.8 Å². The molecule has 0 aromatic carbocycles. The second-order valence-corrected chi connectivity index (χ2v) is 34.4. The van der Waals surface area contributed by atoms with E-state index in [1.165, 1.54) is 231 Å². The van der Waals surface area contributed by atoms with Crippen LogP contribution in [0.25, 0.3) is 0 Å². The summed E-state index contributed by atoms with van der Waals surface area (Å²) in [5.74, 6) is -0.624. The Morgan fingerprint density at radius 2 is 0.409 bits per heavy atom. The summed E-state index contributed by atoms with van der Waals surface area (Å²) in [5.41, 5.74) is 0. The molecule has 0 fully saturated rings. The third-order valence-corrected chi connectivity index (χ3v) is 21.1. The SMILES string of the molecule is CCCCCCCCC=CCCCCCCCC(=O)OC(C)C[N+](C)(CC[N+](C)(CC(C)OC(=O)CCCCCCCC=CCCCCCCCC)CC(C)OC(=O)CCCCCCCC=CCCCCCCCC)CC(C)OC(=O)CCCCCCCC=CCCCCCCCC.COS(=O)(=O)[O-].COS(=O)(=O)[O-]. The van der Waals surface area contributed by atoms with Gasteiger partial charge >= 0.3 is 23.9 Å². The van der Waals surface area contributed by atoms with Gasteiger partial charge in [-0.15, -0.1) is 0 Å². The molecule has 0 amide bonds. The van der Waals surface area contributed by atoms with E-state index in [0.29, 0.717) is 73.9 Å². The number of likely N-dealkylation sites (N-methyl/N-ethyl adjacent to an activating group) is 2. The molecule has 0 aliphatic carbocycles. The lowest BCUT2D eigenvalue weighted by Gasteiger charge is -2.43. The van der Waals surface area contributed by atoms with Crippen LogP contribution in [0.5, 0.6) is 0 Å². The van der Waals surface area contributed by atoms with Crippen molar-refractivity contribution in [2.45, 2.75) is 439 Å². The number of unbranched alkanes of at least 4 members (excludes halogenated alkanes) is 44. The predicted octanol–water partition coefficient (Wildman–Crippen LogP) is 23.9. The van der Waals surface area contributed by atoms with Crippen LogP contribution in [0.15, 0.2) is 48.6 Å². The number of quaternary nitrogens is 2. The van der Waals surface area contributed by atoms with Crippen LogP contribution in [0.1, 0.15) is 415 Å². The molecule has 0 aromatic rings. The van der Waals surface area contributed by atoms with E-state index in [4.69, 9.17) is 18.9 Å². The molecule has 0 saturated carbocycles. The maximum atomic E-state index is 13.5. The first kappa shape index (κ1) is 111. The van der Waals surface area contributed by atoms with Gasteiger partial charge in [-0.25, -0.2) is 16.8 Å². The fourth-order valence-corrected chi connectivity index (χ4v) is 14.1. The largest absolute Gasteiger partial charge is 0.726 e. The number of hydrogen-bond donors (Lipinski definition) is 0. The van der Waals surface area contributed by atoms with Crippen molar-refractivity contribution < 1.29 is 81.4 Å². The molecule has 0 heterocycles. The summed E-state index contributed by atoms with van der Waals surface area (Å²) in [6.45, 7) is 20.6. The fraction of sp³-hybridized carbons (Fsp3) is 0.867. The smallest absolute Gasteiger partial charge is 0.306 e. The summed E-state index contributed by atoms with van der Waals surface area (Å²) >= 11 is 0. The summed E-state index contributed by atoms with van der Waals surface area (Å²) in [6, 6.07) is 0. The average molecular weight is 1600 g/mol. The highest BCUT2D eigenvalue weighted by Crippen LogP contribution is 2.21. The Morgan fingerprint density at radius 1 is 0.273 bits per heavy atom. The maximum Gasteiger partial charge on any atom is 0.306 e. The van der Waals surface area contributed by atoms with Crippen molar-refractivity contribution in [1.29, 1.82) is 0 Å². The Morgan fingerprint density at radius 3 is 0.555 bits per heavy atom. The standard InChI is InChI=1S/C88H166N2O8.2CH4O4S/c1-11-15-19-23-27-31-35-39-43-47-51-55-59-63-67-71-85(91)95-81(5)77-89(9,78-82(6)96-86(92)72-68-64-60-56-52-48-44-40-36-32-28-24-20-16-12-2)75-76-90(10,79-83(7)97-87(93)73-69-65-61-57-53-49-45-41-37-33-29-25-21-17-13-3)80-84(8)98-88(94)74-70-66-62-58-54-50-46-42-38-34-30-26-22-18-14-4;2*1-5-6(2,3)4/h39-46,81-84H,11-38,47-80H2,1-10H3;2*1H3,(H,2,3,4)/q+2;;/p-2. The lowest BCUT2D eigenvalue weighted by molar-refractivity contribution is -0.968. The van der Waals surface area contributed by atoms with Crippen LogP contribution in [0.4, 0.5) is 0 Å². The molecule has 0 aromatic heterocycles. The monoisotopic (exact) mass is 1600 g/mol. The van der Waals surface area contributed by atoms with Crippen molar-refractivity contribution in [3.8, 4) is 0 Å². The third-order valence-electron chi connectivity index (χ3n) is 20.3. The van der Waals surface area contributed by atoms with Gasteiger partial charge in [-0.1, -0.05) is 282 Å². The van der Waals surface area contributed by atoms with E-state index >= 15 is 0 Å². The first-order valence-corrected chi connectivity index (χ1v) is 47.5. The van der Waals surface area contributed by atoms with Crippen LogP contribution in [-0.2, 0) is 67.3 Å². The molecule has 110 heavy (non-hydrogen) atoms. The zero-order valence-electron chi connectivity index (χ0n) is 73.0. The van der Waals surface area contributed by atoms with Crippen LogP contribution < -0.4 is 0 Å². The van der Waals surface area contributed by atoms with Crippen molar-refractivity contribution in [2.24, 2.45) is 0 Å². The lowest BCUT2D eigenvalue weighted by Crippen LogP contribution is -2.61. The Hall–Kier alpha value is -3.50. The van der Waals surface area contributed by atoms with Crippen LogP contribution >= 0.6 is 0 Å². The van der Waals surface area contributed by atoms with Crippen molar-refractivity contribution in [3.05, 3.63) is 48.6 Å². The molecule has 0 spiro atoms. The minimum absolute atomic E-state index is 0.156. The van der Waals surface area contributed by atoms with Gasteiger partial charge in [-0.05, 0) is 156 Å². The molecule has 0 radical (unpaired) electrons. The van der Waals surface area contributed by atoms with E-state index in [2.05, 4.69) is 98.8 Å². The van der Waals surface area contributed by atoms with Gasteiger partial charge in [0.1, 0.15) is 63.7 Å². The van der Waals surface area contributed by atoms with E-state index < -0.39 is 20.8 Å². The van der Waals surface area contributed by atoms with E-state index in [1.807, 2.05) is 27.7 Å². The summed E-state index contributed by atoms with van der Waals surface area (Å²) in [5, 5.41) is 0. The fourth-order valence-electron chi connectivity index (χ4n) is 14.1. The van der Waals surface area contributed by atoms with Gasteiger partial charge in [-0.2, -0.15) is 0 Å². The number of esters is 4. The van der Waals surface area contributed by atoms with E-state index in [0.717, 1.165) is 117 Å². The molecule has 18 nitrogen and oxygen atoms in total. The van der Waals surface area contributed by atoms with E-state index in [9.17, 15) is 45.1 Å². The van der Waals surface area contributed by atoms with Gasteiger partial charge in [0.15, 0.2) is 0 Å². The summed E-state index contributed by atoms with van der Waals surface area (Å²) in [6.07, 6.45) is 82.0. The molecule has 0 N–H and O–H groups in total. The predicted molar refractivity (Wildman–Crippen MR) is 455 cm³/mol. The molecule has 650 valence electrons. The number of hydrogen-bond acceptors (Lipinski definition) is 16. The highest BCUT2D eigenvalue weighted by Gasteiger charge is 2.37. The van der Waals surface area contributed by atoms with Gasteiger partial charge in [-0.3, -0.25) is 27.5 Å². The number of carbonyl (C=O) groups is 4. The molecule has 0 aliphatic heterocycles. The Bertz CT molecular complexity index is 2160. The van der Waals surface area contributed by atoms with Crippen LogP contribution in [-0.4, -0.2) is 151 Å². The molecule has 0 rings (SSSR count). The van der Waals surface area contributed by atoms with Crippen LogP contribution in [0.2, 0.25) is 0 Å². The second kappa shape index (κ2) is 79.3. The number of ether oxygens (including phenoxy) is 4. The van der Waals surface area contributed by atoms with Gasteiger partial charge in [0.25, 0.3) is 0 Å².